The van der Waals surface area contributed by atoms with Crippen LogP contribution in [0, 0.1) is 86.4 Å². The van der Waals surface area contributed by atoms with E-state index in [-0.39, 0.29) is 52.4 Å². The fourth-order valence-electron chi connectivity index (χ4n) is 5.38. The van der Waals surface area contributed by atoms with Crippen molar-refractivity contribution in [3.05, 3.63) is 62.7 Å². The second kappa shape index (κ2) is 18.2. The van der Waals surface area contributed by atoms with Crippen molar-refractivity contribution in [1.29, 1.82) is 0 Å². The first-order chi connectivity index (χ1) is 17.2. The molecule has 10 radical (unpaired) electrons. The number of carboxylic acids is 1. The van der Waals surface area contributed by atoms with Crippen LogP contribution < -0.4 is 0 Å². The number of carboxylic acid groups (broad SMARTS) is 1. The molecule has 2 heterocycles. The van der Waals surface area contributed by atoms with Gasteiger partial charge in [-0.1, -0.05) is 71.2 Å². The molecule has 220 valence electrons. The van der Waals surface area contributed by atoms with Crippen molar-refractivity contribution >= 4 is 21.8 Å². The Hall–Kier alpha value is 1.26. The number of aliphatic carboxylic acids is 1. The molecule has 9 heteroatoms. The number of carbonyl (C=O) groups is 1. The smallest absolute Gasteiger partial charge is 0.475 e. The van der Waals surface area contributed by atoms with E-state index in [1.54, 1.807) is 11.3 Å². The van der Waals surface area contributed by atoms with Crippen molar-refractivity contribution in [3.63, 3.8) is 0 Å². The fraction of sp³-hybridized carbons (Fsp3) is 0.633. The van der Waals surface area contributed by atoms with Crippen LogP contribution in [0.4, 0.5) is 13.2 Å². The van der Waals surface area contributed by atoms with Crippen LogP contribution in [0.5, 0.6) is 0 Å². The zero-order chi connectivity index (χ0) is 28.1. The monoisotopic (exact) mass is 714 g/mol. The number of rotatable bonds is 6. The molecule has 0 bridgehead atoms. The van der Waals surface area contributed by atoms with Gasteiger partial charge in [0.25, 0.3) is 0 Å². The topological polar surface area (TPSA) is 37.3 Å². The van der Waals surface area contributed by atoms with E-state index in [0.29, 0.717) is 0 Å². The molecule has 0 aromatic heterocycles. The van der Waals surface area contributed by atoms with Crippen molar-refractivity contribution in [2.75, 3.05) is 0 Å². The van der Waals surface area contributed by atoms with Crippen LogP contribution in [0.15, 0.2) is 0 Å². The Morgan fingerprint density at radius 1 is 0.692 bits per heavy atom. The van der Waals surface area contributed by atoms with Crippen LogP contribution in [0.3, 0.4) is 0 Å². The second-order valence-electron chi connectivity index (χ2n) is 11.6. The van der Waals surface area contributed by atoms with E-state index in [4.69, 9.17) is 9.90 Å². The van der Waals surface area contributed by atoms with Crippen LogP contribution in [0.25, 0.3) is 0 Å². The van der Waals surface area contributed by atoms with Gasteiger partial charge < -0.3 is 5.11 Å². The summed E-state index contributed by atoms with van der Waals surface area (Å²) in [7, 11) is 0.277. The standard InChI is InChI=1S/2C14H22P.C2HF3O2.Fe.Ru/c2*1-10(2)13-9-14(11(3)4)15(13)12-7-5-6-8-12;3-2(4,5)1(6)7;;/h2*5-8,10-11,13-14H,9H2,1-4H3;(H,6,7);;/q;;;2*+2/t2*13-,14+,15?;;;. The maximum Gasteiger partial charge on any atom is 2.00 e. The van der Waals surface area contributed by atoms with E-state index >= 15 is 0 Å². The minimum Gasteiger partial charge on any atom is -0.475 e. The maximum atomic E-state index is 10.6. The molecule has 0 aromatic carbocycles. The summed E-state index contributed by atoms with van der Waals surface area (Å²) in [6, 6.07) is 0. The zero-order valence-electron chi connectivity index (χ0n) is 24.2. The van der Waals surface area contributed by atoms with Gasteiger partial charge in [-0.2, -0.15) is 13.2 Å². The average Bonchev–Trinajstić information content (AvgIpc) is 3.40. The quantitative estimate of drug-likeness (QED) is 0.220. The Morgan fingerprint density at radius 2 is 0.897 bits per heavy atom. The molecule has 2 saturated heterocycles. The van der Waals surface area contributed by atoms with Gasteiger partial charge in [-0.3, -0.25) is 0 Å². The third-order valence-corrected chi connectivity index (χ3v) is 15.5. The van der Waals surface area contributed by atoms with E-state index in [1.165, 1.54) is 12.8 Å². The van der Waals surface area contributed by atoms with Gasteiger partial charge in [0.15, 0.2) is 0 Å². The summed E-state index contributed by atoms with van der Waals surface area (Å²) in [5.74, 6) is 0.691. The number of hydrogen-bond acceptors (Lipinski definition) is 1. The summed E-state index contributed by atoms with van der Waals surface area (Å²) in [4.78, 5) is 8.90. The van der Waals surface area contributed by atoms with E-state index in [0.717, 1.165) is 46.3 Å². The van der Waals surface area contributed by atoms with Gasteiger partial charge in [0.2, 0.25) is 0 Å². The van der Waals surface area contributed by atoms with Gasteiger partial charge in [-0.25, -0.2) is 4.79 Å². The van der Waals surface area contributed by atoms with Crippen molar-refractivity contribution in [2.24, 2.45) is 23.7 Å². The molecule has 2 aliphatic heterocycles. The predicted molar refractivity (Wildman–Crippen MR) is 152 cm³/mol. The summed E-state index contributed by atoms with van der Waals surface area (Å²) < 4.78 is 31.7. The second-order valence-corrected chi connectivity index (χ2v) is 16.9. The summed E-state index contributed by atoms with van der Waals surface area (Å²) in [6.45, 7) is 19.1. The van der Waals surface area contributed by atoms with Crippen LogP contribution in [-0.2, 0) is 41.3 Å². The molecule has 6 atom stereocenters. The van der Waals surface area contributed by atoms with Crippen molar-refractivity contribution in [1.82, 2.24) is 0 Å². The van der Waals surface area contributed by atoms with Crippen LogP contribution in [0.2, 0.25) is 0 Å². The first-order valence-corrected chi connectivity index (χ1v) is 16.4. The SMILES string of the molecule is CC(C)[C@H]1C[C@@H](C(C)C)P1[C]1[CH][CH][CH][CH]1.CC(C)[C@H]1C[C@@H](C(C)C)P1[C]1[CH][CH][CH][CH]1.O=C(O)C(F)(F)F.[Fe+2].[Ru+2]. The van der Waals surface area contributed by atoms with Crippen molar-refractivity contribution < 1.29 is 59.6 Å². The van der Waals surface area contributed by atoms with E-state index in [1.807, 2.05) is 0 Å². The fourth-order valence-corrected chi connectivity index (χ4v) is 12.5. The molecular formula is C30H45F3FeO2P2Ru+4. The zero-order valence-corrected chi connectivity index (χ0v) is 28.9. The molecule has 4 fully saturated rings. The van der Waals surface area contributed by atoms with Crippen molar-refractivity contribution in [3.8, 4) is 0 Å². The Labute approximate surface area is 263 Å². The van der Waals surface area contributed by atoms with Gasteiger partial charge in [0.1, 0.15) is 0 Å². The molecule has 1 N–H and O–H groups in total. The molecule has 4 rings (SSSR count). The van der Waals surface area contributed by atoms with Gasteiger partial charge in [0.05, 0.1) is 0 Å². The molecule has 0 amide bonds. The molecule has 2 unspecified atom stereocenters. The normalized spacial score (nSPS) is 30.9. The molecule has 0 spiro atoms. The Morgan fingerprint density at radius 3 is 1.05 bits per heavy atom. The maximum absolute atomic E-state index is 10.6. The summed E-state index contributed by atoms with van der Waals surface area (Å²) in [5.41, 5.74) is 7.22. The summed E-state index contributed by atoms with van der Waals surface area (Å²) in [6.07, 6.45) is 16.0. The molecule has 0 aromatic rings. The Bertz CT molecular complexity index is 617. The van der Waals surface area contributed by atoms with E-state index in [2.05, 4.69) is 107 Å². The summed E-state index contributed by atoms with van der Waals surface area (Å²) >= 11 is 0. The van der Waals surface area contributed by atoms with E-state index in [9.17, 15) is 13.2 Å². The molecule has 2 saturated carbocycles. The predicted octanol–water partition coefficient (Wildman–Crippen LogP) is 9.20. The minimum absolute atomic E-state index is 0. The first-order valence-electron chi connectivity index (χ1n) is 13.5. The Balaban J connectivity index is 0.000000578. The number of hydrogen-bond donors (Lipinski definition) is 1. The van der Waals surface area contributed by atoms with E-state index < -0.39 is 12.1 Å². The minimum atomic E-state index is -5.08. The average molecular weight is 714 g/mol. The third-order valence-electron chi connectivity index (χ3n) is 7.60. The van der Waals surface area contributed by atoms with Crippen LogP contribution in [-0.4, -0.2) is 39.9 Å². The van der Waals surface area contributed by atoms with Crippen molar-refractivity contribution in [2.45, 2.75) is 97.0 Å². The molecule has 4 aliphatic rings. The first kappa shape index (κ1) is 40.3. The van der Waals surface area contributed by atoms with Gasteiger partial charge in [-0.15, -0.1) is 0 Å². The molecule has 2 aliphatic carbocycles. The summed E-state index contributed by atoms with van der Waals surface area (Å²) in [5, 5.41) is 7.12. The molecular weight excluding hydrogens is 668 g/mol. The van der Waals surface area contributed by atoms with Crippen LogP contribution >= 0.6 is 15.8 Å². The number of halogens is 3. The number of alkyl halides is 3. The molecule has 39 heavy (non-hydrogen) atoms. The Kier molecular flexibility index (Phi) is 18.7. The van der Waals surface area contributed by atoms with Gasteiger partial charge >= 0.3 is 48.7 Å². The molecule has 2 nitrogen and oxygen atoms in total. The van der Waals surface area contributed by atoms with Gasteiger partial charge in [0, 0.05) is 11.3 Å². The van der Waals surface area contributed by atoms with Gasteiger partial charge in [-0.05, 0) is 111 Å². The largest absolute Gasteiger partial charge is 2.00 e. The van der Waals surface area contributed by atoms with Crippen LogP contribution in [0.1, 0.15) is 68.2 Å². The third kappa shape index (κ3) is 11.4.